The van der Waals surface area contributed by atoms with Crippen molar-refractivity contribution in [3.8, 4) is 11.3 Å². The number of nitrogens with one attached hydrogen (secondary N) is 1. The summed E-state index contributed by atoms with van der Waals surface area (Å²) in [6.45, 7) is 1.93. The fourth-order valence-corrected chi connectivity index (χ4v) is 2.80. The van der Waals surface area contributed by atoms with E-state index in [0.717, 1.165) is 17.0 Å². The molecule has 7 heteroatoms. The van der Waals surface area contributed by atoms with Crippen LogP contribution in [0.15, 0.2) is 42.6 Å². The maximum Gasteiger partial charge on any atom is 0.268 e. The number of rotatable bonds is 5. The molecule has 0 aliphatic heterocycles. The van der Waals surface area contributed by atoms with E-state index in [1.807, 2.05) is 26.2 Å². The van der Waals surface area contributed by atoms with E-state index in [-0.39, 0.29) is 17.8 Å². The normalized spacial score (nSPS) is 12.2. The smallest absolute Gasteiger partial charge is 0.268 e. The molecule has 0 aliphatic rings. The van der Waals surface area contributed by atoms with E-state index in [4.69, 9.17) is 0 Å². The minimum Gasteiger partial charge on any atom is -0.348 e. The van der Waals surface area contributed by atoms with E-state index in [2.05, 4.69) is 15.6 Å². The number of halogens is 1. The lowest BCUT2D eigenvalue weighted by Crippen LogP contribution is -2.35. The molecule has 0 bridgehead atoms. The monoisotopic (exact) mass is 341 g/mol. The van der Waals surface area contributed by atoms with Gasteiger partial charge in [-0.15, -0.1) is 5.10 Å². The third kappa shape index (κ3) is 3.76. The van der Waals surface area contributed by atoms with Crippen LogP contribution in [-0.4, -0.2) is 31.5 Å². The Morgan fingerprint density at radius 1 is 1.20 bits per heavy atom. The first-order valence-corrected chi connectivity index (χ1v) is 8.02. The van der Waals surface area contributed by atoms with Crippen molar-refractivity contribution in [3.63, 3.8) is 0 Å². The molecular formula is C18H20FN5O. The number of benzene rings is 1. The van der Waals surface area contributed by atoms with Crippen molar-refractivity contribution in [1.29, 1.82) is 0 Å². The van der Waals surface area contributed by atoms with Crippen LogP contribution >= 0.6 is 0 Å². The van der Waals surface area contributed by atoms with Crippen LogP contribution in [0.4, 0.5) is 4.39 Å². The minimum absolute atomic E-state index is 0.0756. The summed E-state index contributed by atoms with van der Waals surface area (Å²) in [5.74, 6) is -0.444. The Bertz CT molecular complexity index is 881. The van der Waals surface area contributed by atoms with E-state index in [9.17, 15) is 9.18 Å². The standard InChI is InChI=1S/C18H20FN5O/c1-12(10-15-11-23(2)22-21-15)20-18(25)17-9-8-16(24(17)3)13-4-6-14(19)7-5-13/h4-9,11-12H,10H2,1-3H3,(H,20,25)/t12-/m1/s1. The molecule has 1 aromatic carbocycles. The van der Waals surface area contributed by atoms with Gasteiger partial charge in [-0.1, -0.05) is 5.21 Å². The SMILES string of the molecule is C[C@H](Cc1cn(C)nn1)NC(=O)c1ccc(-c2ccc(F)cc2)n1C. The van der Waals surface area contributed by atoms with Crippen LogP contribution in [0.5, 0.6) is 0 Å². The minimum atomic E-state index is -0.284. The number of carbonyl (C=O) groups is 1. The molecule has 3 rings (SSSR count). The van der Waals surface area contributed by atoms with Gasteiger partial charge in [0.15, 0.2) is 0 Å². The van der Waals surface area contributed by atoms with Gasteiger partial charge in [0.05, 0.1) is 5.69 Å². The van der Waals surface area contributed by atoms with Crippen molar-refractivity contribution >= 4 is 5.91 Å². The predicted octanol–water partition coefficient (Wildman–Crippen LogP) is 2.32. The summed E-state index contributed by atoms with van der Waals surface area (Å²) in [6.07, 6.45) is 2.44. The largest absolute Gasteiger partial charge is 0.348 e. The maximum absolute atomic E-state index is 13.1. The fourth-order valence-electron chi connectivity index (χ4n) is 2.80. The van der Waals surface area contributed by atoms with Gasteiger partial charge in [0.25, 0.3) is 5.91 Å². The van der Waals surface area contributed by atoms with Gasteiger partial charge in [-0.25, -0.2) is 4.39 Å². The van der Waals surface area contributed by atoms with Crippen LogP contribution < -0.4 is 5.32 Å². The zero-order chi connectivity index (χ0) is 18.0. The molecule has 6 nitrogen and oxygen atoms in total. The van der Waals surface area contributed by atoms with Crippen molar-refractivity contribution in [2.24, 2.45) is 14.1 Å². The molecule has 2 aromatic heterocycles. The molecule has 25 heavy (non-hydrogen) atoms. The third-order valence-corrected chi connectivity index (χ3v) is 4.04. The first-order valence-electron chi connectivity index (χ1n) is 8.02. The summed E-state index contributed by atoms with van der Waals surface area (Å²) < 4.78 is 16.5. The summed E-state index contributed by atoms with van der Waals surface area (Å²) >= 11 is 0. The topological polar surface area (TPSA) is 64.7 Å². The van der Waals surface area contributed by atoms with E-state index in [1.54, 1.807) is 34.5 Å². The van der Waals surface area contributed by atoms with Crippen LogP contribution in [0.25, 0.3) is 11.3 Å². The Balaban J connectivity index is 1.71. The highest BCUT2D eigenvalue weighted by molar-refractivity contribution is 5.94. The van der Waals surface area contributed by atoms with Crippen molar-refractivity contribution in [1.82, 2.24) is 24.9 Å². The third-order valence-electron chi connectivity index (χ3n) is 4.04. The van der Waals surface area contributed by atoms with Gasteiger partial charge in [-0.3, -0.25) is 9.48 Å². The van der Waals surface area contributed by atoms with E-state index < -0.39 is 0 Å². The highest BCUT2D eigenvalue weighted by Gasteiger charge is 2.16. The molecule has 0 fully saturated rings. The molecule has 0 radical (unpaired) electrons. The Labute approximate surface area is 145 Å². The van der Waals surface area contributed by atoms with Crippen molar-refractivity contribution < 1.29 is 9.18 Å². The molecule has 0 saturated carbocycles. The summed E-state index contributed by atoms with van der Waals surface area (Å²) in [5, 5.41) is 10.9. The maximum atomic E-state index is 13.1. The van der Waals surface area contributed by atoms with Crippen LogP contribution in [-0.2, 0) is 20.5 Å². The van der Waals surface area contributed by atoms with Gasteiger partial charge in [0, 0.05) is 38.4 Å². The summed E-state index contributed by atoms with van der Waals surface area (Å²) in [6, 6.07) is 9.76. The van der Waals surface area contributed by atoms with Crippen LogP contribution in [0, 0.1) is 5.82 Å². The Morgan fingerprint density at radius 3 is 2.56 bits per heavy atom. The first kappa shape index (κ1) is 16.9. The molecule has 0 saturated heterocycles. The number of aromatic nitrogens is 4. The molecule has 2 heterocycles. The summed E-state index contributed by atoms with van der Waals surface area (Å²) in [4.78, 5) is 12.5. The molecule has 3 aromatic rings. The second-order valence-electron chi connectivity index (χ2n) is 6.13. The van der Waals surface area contributed by atoms with Gasteiger partial charge in [-0.05, 0) is 48.9 Å². The van der Waals surface area contributed by atoms with Crippen LogP contribution in [0.1, 0.15) is 23.1 Å². The first-order chi connectivity index (χ1) is 11.9. The van der Waals surface area contributed by atoms with Crippen molar-refractivity contribution in [3.05, 3.63) is 59.8 Å². The highest BCUT2D eigenvalue weighted by atomic mass is 19.1. The zero-order valence-corrected chi connectivity index (χ0v) is 14.4. The number of hydrogen-bond acceptors (Lipinski definition) is 3. The second kappa shape index (κ2) is 6.88. The van der Waals surface area contributed by atoms with Gasteiger partial charge in [-0.2, -0.15) is 0 Å². The van der Waals surface area contributed by atoms with Gasteiger partial charge in [0.2, 0.25) is 0 Å². The average Bonchev–Trinajstić information content (AvgIpc) is 3.14. The number of nitrogens with zero attached hydrogens (tertiary/aromatic N) is 4. The molecule has 0 aliphatic carbocycles. The Hall–Kier alpha value is -2.96. The van der Waals surface area contributed by atoms with E-state index >= 15 is 0 Å². The highest BCUT2D eigenvalue weighted by Crippen LogP contribution is 2.22. The number of aryl methyl sites for hydroxylation is 1. The van der Waals surface area contributed by atoms with Crippen LogP contribution in [0.3, 0.4) is 0 Å². The molecule has 1 N–H and O–H groups in total. The summed E-state index contributed by atoms with van der Waals surface area (Å²) in [5.41, 5.74) is 3.08. The Morgan fingerprint density at radius 2 is 1.92 bits per heavy atom. The van der Waals surface area contributed by atoms with Gasteiger partial charge in [0.1, 0.15) is 11.5 Å². The van der Waals surface area contributed by atoms with Crippen molar-refractivity contribution in [2.75, 3.05) is 0 Å². The average molecular weight is 341 g/mol. The molecule has 130 valence electrons. The molecular weight excluding hydrogens is 321 g/mol. The molecule has 1 amide bonds. The second-order valence-corrected chi connectivity index (χ2v) is 6.13. The molecule has 0 spiro atoms. The van der Waals surface area contributed by atoms with Gasteiger partial charge < -0.3 is 9.88 Å². The lowest BCUT2D eigenvalue weighted by atomic mass is 10.1. The zero-order valence-electron chi connectivity index (χ0n) is 14.4. The predicted molar refractivity (Wildman–Crippen MR) is 92.4 cm³/mol. The van der Waals surface area contributed by atoms with E-state index in [1.165, 1.54) is 12.1 Å². The molecule has 0 unspecified atom stereocenters. The lowest BCUT2D eigenvalue weighted by Gasteiger charge is -2.13. The van der Waals surface area contributed by atoms with Gasteiger partial charge >= 0.3 is 0 Å². The Kier molecular flexibility index (Phi) is 4.65. The number of carbonyl (C=O) groups excluding carboxylic acids is 1. The van der Waals surface area contributed by atoms with E-state index in [0.29, 0.717) is 12.1 Å². The van der Waals surface area contributed by atoms with Crippen LogP contribution in [0.2, 0.25) is 0 Å². The lowest BCUT2D eigenvalue weighted by molar-refractivity contribution is 0.0932. The quantitative estimate of drug-likeness (QED) is 0.775. The molecule has 1 atom stereocenters. The summed E-state index contributed by atoms with van der Waals surface area (Å²) in [7, 11) is 3.63. The number of amides is 1. The fraction of sp³-hybridized carbons (Fsp3) is 0.278. The van der Waals surface area contributed by atoms with Crippen molar-refractivity contribution in [2.45, 2.75) is 19.4 Å². The number of hydrogen-bond donors (Lipinski definition) is 1.